The molecule has 0 aromatic heterocycles. The van der Waals surface area contributed by atoms with Crippen LogP contribution in [-0.4, -0.2) is 0 Å². The van der Waals surface area contributed by atoms with Gasteiger partial charge in [-0.1, -0.05) is 109 Å². The standard InChI is InChI=1S/C25H18Cl/c26-22-17-15-19(16-18-22)23-13-7-8-14-24(23)25(20-9-3-1-4-10-20)21-11-5-2-6-12-21/h1-18H. The predicted octanol–water partition coefficient (Wildman–Crippen LogP) is 7.03. The van der Waals surface area contributed by atoms with Crippen LogP contribution in [0.1, 0.15) is 16.7 Å². The van der Waals surface area contributed by atoms with Crippen molar-refractivity contribution < 1.29 is 0 Å². The molecule has 125 valence electrons. The van der Waals surface area contributed by atoms with Gasteiger partial charge in [-0.15, -0.1) is 0 Å². The van der Waals surface area contributed by atoms with E-state index in [9.17, 15) is 0 Å². The lowest BCUT2D eigenvalue weighted by Crippen LogP contribution is -2.06. The Hall–Kier alpha value is -2.83. The number of halogens is 1. The van der Waals surface area contributed by atoms with Gasteiger partial charge >= 0.3 is 0 Å². The first-order valence-electron chi connectivity index (χ1n) is 8.66. The van der Waals surface area contributed by atoms with E-state index in [1.807, 2.05) is 12.1 Å². The molecular weight excluding hydrogens is 336 g/mol. The Labute approximate surface area is 159 Å². The van der Waals surface area contributed by atoms with Crippen LogP contribution in [0.4, 0.5) is 0 Å². The average molecular weight is 354 g/mol. The van der Waals surface area contributed by atoms with E-state index >= 15 is 0 Å². The Kier molecular flexibility index (Phi) is 4.86. The molecule has 0 heterocycles. The molecule has 0 saturated heterocycles. The molecule has 0 unspecified atom stereocenters. The summed E-state index contributed by atoms with van der Waals surface area (Å²) in [5, 5.41) is 0.751. The lowest BCUT2D eigenvalue weighted by atomic mass is 9.81. The summed E-state index contributed by atoms with van der Waals surface area (Å²) >= 11 is 6.09. The first-order valence-corrected chi connectivity index (χ1v) is 9.04. The van der Waals surface area contributed by atoms with E-state index in [0.717, 1.165) is 10.6 Å². The van der Waals surface area contributed by atoms with Crippen molar-refractivity contribution in [3.05, 3.63) is 137 Å². The van der Waals surface area contributed by atoms with E-state index in [1.54, 1.807) is 0 Å². The van der Waals surface area contributed by atoms with Gasteiger partial charge in [0.05, 0.1) is 5.92 Å². The highest BCUT2D eigenvalue weighted by Gasteiger charge is 2.20. The third-order valence-corrected chi connectivity index (χ3v) is 4.73. The zero-order valence-corrected chi connectivity index (χ0v) is 15.0. The third-order valence-electron chi connectivity index (χ3n) is 4.48. The first-order chi connectivity index (χ1) is 12.8. The van der Waals surface area contributed by atoms with Gasteiger partial charge in [0, 0.05) is 5.02 Å². The van der Waals surface area contributed by atoms with Gasteiger partial charge in [0.15, 0.2) is 0 Å². The van der Waals surface area contributed by atoms with Crippen molar-refractivity contribution in [3.8, 4) is 11.1 Å². The molecule has 0 N–H and O–H groups in total. The highest BCUT2D eigenvalue weighted by atomic mass is 35.5. The quantitative estimate of drug-likeness (QED) is 0.345. The van der Waals surface area contributed by atoms with Gasteiger partial charge in [0.1, 0.15) is 0 Å². The molecule has 0 fully saturated rings. The van der Waals surface area contributed by atoms with E-state index in [2.05, 4.69) is 97.1 Å². The minimum Gasteiger partial charge on any atom is -0.0843 e. The van der Waals surface area contributed by atoms with Crippen molar-refractivity contribution in [2.24, 2.45) is 0 Å². The van der Waals surface area contributed by atoms with Crippen molar-refractivity contribution >= 4 is 11.6 Å². The fourth-order valence-corrected chi connectivity index (χ4v) is 3.40. The topological polar surface area (TPSA) is 0 Å². The van der Waals surface area contributed by atoms with Crippen LogP contribution in [0.5, 0.6) is 0 Å². The first kappa shape index (κ1) is 16.6. The van der Waals surface area contributed by atoms with Crippen LogP contribution in [0, 0.1) is 5.92 Å². The zero-order valence-electron chi connectivity index (χ0n) is 14.3. The Morgan fingerprint density at radius 2 is 1.00 bits per heavy atom. The molecule has 4 aromatic carbocycles. The molecule has 0 aliphatic rings. The van der Waals surface area contributed by atoms with Gasteiger partial charge in [-0.25, -0.2) is 0 Å². The molecule has 0 amide bonds. The molecular formula is C25H18Cl. The maximum atomic E-state index is 6.09. The summed E-state index contributed by atoms with van der Waals surface area (Å²) in [6.07, 6.45) is 0. The zero-order chi connectivity index (χ0) is 17.8. The highest BCUT2D eigenvalue weighted by Crippen LogP contribution is 2.37. The van der Waals surface area contributed by atoms with Crippen molar-refractivity contribution in [2.75, 3.05) is 0 Å². The Morgan fingerprint density at radius 3 is 1.58 bits per heavy atom. The van der Waals surface area contributed by atoms with Gasteiger partial charge < -0.3 is 0 Å². The van der Waals surface area contributed by atoms with Crippen LogP contribution < -0.4 is 0 Å². The average Bonchev–Trinajstić information content (AvgIpc) is 2.71. The van der Waals surface area contributed by atoms with Crippen molar-refractivity contribution in [1.82, 2.24) is 0 Å². The van der Waals surface area contributed by atoms with Gasteiger partial charge in [-0.2, -0.15) is 0 Å². The minimum absolute atomic E-state index is 0.751. The Morgan fingerprint density at radius 1 is 0.500 bits per heavy atom. The van der Waals surface area contributed by atoms with E-state index in [4.69, 9.17) is 11.6 Å². The molecule has 1 heteroatoms. The second kappa shape index (κ2) is 7.59. The summed E-state index contributed by atoms with van der Waals surface area (Å²) in [5.41, 5.74) is 5.99. The maximum Gasteiger partial charge on any atom is 0.0635 e. The smallest absolute Gasteiger partial charge is 0.0635 e. The number of rotatable bonds is 4. The molecule has 0 bridgehead atoms. The SMILES string of the molecule is Clc1ccc(-c2ccccc2[C](c2ccccc2)c2ccccc2)cc1. The van der Waals surface area contributed by atoms with Gasteiger partial charge in [-0.3, -0.25) is 0 Å². The van der Waals surface area contributed by atoms with Crippen molar-refractivity contribution in [3.63, 3.8) is 0 Å². The molecule has 0 aliphatic carbocycles. The molecule has 0 atom stereocenters. The molecule has 26 heavy (non-hydrogen) atoms. The van der Waals surface area contributed by atoms with Crippen LogP contribution in [0.2, 0.25) is 5.02 Å². The summed E-state index contributed by atoms with van der Waals surface area (Å²) in [7, 11) is 0. The van der Waals surface area contributed by atoms with Crippen molar-refractivity contribution in [1.29, 1.82) is 0 Å². The van der Waals surface area contributed by atoms with Crippen molar-refractivity contribution in [2.45, 2.75) is 0 Å². The third kappa shape index (κ3) is 3.42. The molecule has 0 nitrogen and oxygen atoms in total. The number of hydrogen-bond acceptors (Lipinski definition) is 0. The second-order valence-electron chi connectivity index (χ2n) is 6.16. The molecule has 0 aliphatic heterocycles. The van der Waals surface area contributed by atoms with E-state index in [-0.39, 0.29) is 0 Å². The minimum atomic E-state index is 0.751. The number of hydrogen-bond donors (Lipinski definition) is 0. The molecule has 4 aromatic rings. The number of benzene rings is 4. The summed E-state index contributed by atoms with van der Waals surface area (Å²) in [6, 6.07) is 37.7. The fourth-order valence-electron chi connectivity index (χ4n) is 3.27. The summed E-state index contributed by atoms with van der Waals surface area (Å²) in [4.78, 5) is 0. The molecule has 4 rings (SSSR count). The van der Waals surface area contributed by atoms with Gasteiger partial charge in [0.25, 0.3) is 0 Å². The molecule has 1 radical (unpaired) electrons. The van der Waals surface area contributed by atoms with Gasteiger partial charge in [0.2, 0.25) is 0 Å². The normalized spacial score (nSPS) is 10.8. The van der Waals surface area contributed by atoms with Crippen LogP contribution >= 0.6 is 11.6 Å². The van der Waals surface area contributed by atoms with E-state index < -0.39 is 0 Å². The summed E-state index contributed by atoms with van der Waals surface area (Å²) in [6.45, 7) is 0. The van der Waals surface area contributed by atoms with Gasteiger partial charge in [-0.05, 0) is 39.9 Å². The molecule has 0 saturated carbocycles. The largest absolute Gasteiger partial charge is 0.0843 e. The van der Waals surface area contributed by atoms with Crippen LogP contribution in [0.3, 0.4) is 0 Å². The summed E-state index contributed by atoms with van der Waals surface area (Å²) < 4.78 is 0. The lowest BCUT2D eigenvalue weighted by Gasteiger charge is -2.21. The van der Waals surface area contributed by atoms with E-state index in [0.29, 0.717) is 0 Å². The van der Waals surface area contributed by atoms with Crippen LogP contribution in [0.25, 0.3) is 11.1 Å². The summed E-state index contributed by atoms with van der Waals surface area (Å²) in [5.74, 6) is 1.23. The lowest BCUT2D eigenvalue weighted by molar-refractivity contribution is 1.23. The molecule has 0 spiro atoms. The Balaban J connectivity index is 1.91. The van der Waals surface area contributed by atoms with E-state index in [1.165, 1.54) is 28.2 Å². The maximum absolute atomic E-state index is 6.09. The Bertz CT molecular complexity index is 934. The highest BCUT2D eigenvalue weighted by molar-refractivity contribution is 6.30. The monoisotopic (exact) mass is 353 g/mol. The van der Waals surface area contributed by atoms with Crippen LogP contribution in [-0.2, 0) is 0 Å². The fraction of sp³-hybridized carbons (Fsp3) is 0. The second-order valence-corrected chi connectivity index (χ2v) is 6.60. The van der Waals surface area contributed by atoms with Crippen LogP contribution in [0.15, 0.2) is 109 Å². The predicted molar refractivity (Wildman–Crippen MR) is 110 cm³/mol.